The van der Waals surface area contributed by atoms with E-state index in [-0.39, 0.29) is 0 Å². The first kappa shape index (κ1) is 13.8. The maximum atomic E-state index is 6.79. The lowest BCUT2D eigenvalue weighted by Crippen LogP contribution is -2.34. The van der Waals surface area contributed by atoms with Crippen molar-refractivity contribution in [2.24, 2.45) is 0 Å². The molecule has 2 aliphatic rings. The Morgan fingerprint density at radius 2 is 1.12 bits per heavy atom. The minimum Gasteiger partial charge on any atom is -0.459 e. The predicted molar refractivity (Wildman–Crippen MR) is 80.8 cm³/mol. The summed E-state index contributed by atoms with van der Waals surface area (Å²) in [5.74, 6) is 0. The molecule has 0 radical (unpaired) electrons. The van der Waals surface area contributed by atoms with Crippen molar-refractivity contribution >= 4 is 18.1 Å². The van der Waals surface area contributed by atoms with Gasteiger partial charge in [-0.1, -0.05) is 65.2 Å². The summed E-state index contributed by atoms with van der Waals surface area (Å²) in [5, 5.41) is 0. The van der Waals surface area contributed by atoms with Crippen LogP contribution in [-0.2, 0) is 4.12 Å². The van der Waals surface area contributed by atoms with Crippen molar-refractivity contribution in [3.8, 4) is 0 Å². The molecule has 0 aromatic carbocycles. The lowest BCUT2D eigenvalue weighted by molar-refractivity contribution is 0.526. The molecule has 0 heterocycles. The summed E-state index contributed by atoms with van der Waals surface area (Å²) in [5.41, 5.74) is 2.09. The van der Waals surface area contributed by atoms with Gasteiger partial charge in [0.25, 0.3) is 0 Å². The van der Waals surface area contributed by atoms with E-state index >= 15 is 0 Å². The second-order valence-electron chi connectivity index (χ2n) is 6.12. The second kappa shape index (κ2) is 7.10. The number of hydrogen-bond donors (Lipinski definition) is 0. The van der Waals surface area contributed by atoms with Gasteiger partial charge in [-0.05, 0) is 23.2 Å². The van der Waals surface area contributed by atoms with E-state index in [9.17, 15) is 0 Å². The molecule has 2 fully saturated rings. The molecule has 0 aromatic rings. The van der Waals surface area contributed by atoms with Crippen LogP contribution >= 0.6 is 0 Å². The van der Waals surface area contributed by atoms with Gasteiger partial charge in [0, 0.05) is 0 Å². The molecule has 1 nitrogen and oxygen atoms in total. The molecule has 0 N–H and O–H groups in total. The van der Waals surface area contributed by atoms with Gasteiger partial charge in [0.2, 0.25) is 0 Å². The normalized spacial score (nSPS) is 26.5. The van der Waals surface area contributed by atoms with Crippen molar-refractivity contribution < 1.29 is 4.12 Å². The predicted octanol–water partition coefficient (Wildman–Crippen LogP) is 4.38. The molecule has 2 unspecified atom stereocenters. The molecule has 2 rings (SSSR count). The van der Waals surface area contributed by atoms with Crippen molar-refractivity contribution in [2.45, 2.75) is 88.4 Å². The molecule has 2 aliphatic carbocycles. The highest BCUT2D eigenvalue weighted by Crippen LogP contribution is 2.38. The van der Waals surface area contributed by atoms with Gasteiger partial charge < -0.3 is 4.12 Å². The average Bonchev–Trinajstić information content (AvgIpc) is 3.03. The average molecular weight is 271 g/mol. The highest BCUT2D eigenvalue weighted by atomic mass is 28.4. The fraction of sp³-hybridized carbons (Fsp3) is 1.00. The Labute approximate surface area is 111 Å². The smallest absolute Gasteiger partial charge is 0.165 e. The van der Waals surface area contributed by atoms with Crippen LogP contribution in [0.15, 0.2) is 0 Å². The third-order valence-corrected chi connectivity index (χ3v) is 12.8. The molecule has 0 amide bonds. The molecule has 0 aliphatic heterocycles. The highest BCUT2D eigenvalue weighted by molar-refractivity contribution is 6.67. The maximum Gasteiger partial charge on any atom is 0.165 e. The van der Waals surface area contributed by atoms with Gasteiger partial charge in [-0.2, -0.15) is 0 Å². The Hall–Kier alpha value is 0.394. The third kappa shape index (κ3) is 3.68. The van der Waals surface area contributed by atoms with Crippen LogP contribution in [0.25, 0.3) is 0 Å². The largest absolute Gasteiger partial charge is 0.459 e. The summed E-state index contributed by atoms with van der Waals surface area (Å²) in [6.45, 7) is 4.79. The summed E-state index contributed by atoms with van der Waals surface area (Å²) in [7, 11) is -1.67. The Morgan fingerprint density at radius 3 is 1.41 bits per heavy atom. The van der Waals surface area contributed by atoms with Crippen LogP contribution in [0.4, 0.5) is 0 Å². The fourth-order valence-corrected chi connectivity index (χ4v) is 12.8. The summed E-state index contributed by atoms with van der Waals surface area (Å²) in [6, 6.07) is 2.78. The van der Waals surface area contributed by atoms with Crippen molar-refractivity contribution in [3.63, 3.8) is 0 Å². The first-order chi connectivity index (χ1) is 8.35. The second-order valence-corrected chi connectivity index (χ2v) is 12.9. The van der Waals surface area contributed by atoms with E-state index in [4.69, 9.17) is 4.12 Å². The number of hydrogen-bond acceptors (Lipinski definition) is 1. The van der Waals surface area contributed by atoms with E-state index in [1.807, 2.05) is 0 Å². The monoisotopic (exact) mass is 270 g/mol. The van der Waals surface area contributed by atoms with E-state index in [0.29, 0.717) is 0 Å². The van der Waals surface area contributed by atoms with Gasteiger partial charge >= 0.3 is 0 Å². The number of rotatable bonds is 6. The third-order valence-electron chi connectivity index (χ3n) is 5.01. The van der Waals surface area contributed by atoms with Gasteiger partial charge in [0.15, 0.2) is 18.1 Å². The Kier molecular flexibility index (Phi) is 5.77. The van der Waals surface area contributed by atoms with E-state index in [1.165, 1.54) is 63.5 Å². The van der Waals surface area contributed by atoms with Crippen molar-refractivity contribution in [1.82, 2.24) is 0 Å². The Balaban J connectivity index is 1.86. The lowest BCUT2D eigenvalue weighted by atomic mass is 10.4. The molecule has 0 spiro atoms. The van der Waals surface area contributed by atoms with Crippen LogP contribution < -0.4 is 0 Å². The lowest BCUT2D eigenvalue weighted by Gasteiger charge is -2.29. The van der Waals surface area contributed by atoms with Crippen LogP contribution in [0.1, 0.15) is 65.2 Å². The van der Waals surface area contributed by atoms with Crippen LogP contribution in [0.3, 0.4) is 0 Å². The fourth-order valence-electron chi connectivity index (χ4n) is 3.96. The Morgan fingerprint density at radius 1 is 0.765 bits per heavy atom. The zero-order valence-corrected chi connectivity index (χ0v) is 14.1. The molecule has 0 aromatic heterocycles. The standard InChI is InChI=1S/C14H30OSi2/c1-3-16(13-9-5-6-10-13)15-17(4-2)14-11-7-8-12-14/h13-14,16-17H,3-12H2,1-2H3. The molecular weight excluding hydrogens is 240 g/mol. The van der Waals surface area contributed by atoms with E-state index < -0.39 is 18.1 Å². The van der Waals surface area contributed by atoms with Crippen molar-refractivity contribution in [1.29, 1.82) is 0 Å². The topological polar surface area (TPSA) is 9.23 Å². The zero-order valence-electron chi connectivity index (χ0n) is 11.8. The van der Waals surface area contributed by atoms with Crippen LogP contribution in [0.2, 0.25) is 23.2 Å². The van der Waals surface area contributed by atoms with Crippen molar-refractivity contribution in [2.75, 3.05) is 0 Å². The minimum atomic E-state index is -0.835. The molecule has 0 saturated heterocycles. The van der Waals surface area contributed by atoms with Gasteiger partial charge in [-0.25, -0.2) is 0 Å². The van der Waals surface area contributed by atoms with Gasteiger partial charge in [-0.15, -0.1) is 0 Å². The molecule has 17 heavy (non-hydrogen) atoms. The minimum absolute atomic E-state index is 0.835. The van der Waals surface area contributed by atoms with Crippen LogP contribution in [0, 0.1) is 0 Å². The van der Waals surface area contributed by atoms with Crippen molar-refractivity contribution in [3.05, 3.63) is 0 Å². The molecule has 2 atom stereocenters. The first-order valence-electron chi connectivity index (χ1n) is 8.00. The van der Waals surface area contributed by atoms with Crippen LogP contribution in [0.5, 0.6) is 0 Å². The highest BCUT2D eigenvalue weighted by Gasteiger charge is 2.32. The summed E-state index contributed by atoms with van der Waals surface area (Å²) in [4.78, 5) is 0. The molecule has 3 heteroatoms. The summed E-state index contributed by atoms with van der Waals surface area (Å²) in [6.07, 6.45) is 11.9. The van der Waals surface area contributed by atoms with Gasteiger partial charge in [-0.3, -0.25) is 0 Å². The van der Waals surface area contributed by atoms with E-state index in [2.05, 4.69) is 13.8 Å². The first-order valence-corrected chi connectivity index (χ1v) is 11.9. The summed E-state index contributed by atoms with van der Waals surface area (Å²) < 4.78 is 6.79. The molecule has 100 valence electrons. The van der Waals surface area contributed by atoms with Gasteiger partial charge in [0.1, 0.15) is 0 Å². The van der Waals surface area contributed by atoms with E-state index in [0.717, 1.165) is 11.1 Å². The van der Waals surface area contributed by atoms with E-state index in [1.54, 1.807) is 0 Å². The quantitative estimate of drug-likeness (QED) is 0.651. The Bertz CT molecular complexity index is 188. The van der Waals surface area contributed by atoms with Crippen LogP contribution in [-0.4, -0.2) is 18.1 Å². The zero-order chi connectivity index (χ0) is 12.1. The molecular formula is C14H30OSi2. The maximum absolute atomic E-state index is 6.79. The summed E-state index contributed by atoms with van der Waals surface area (Å²) >= 11 is 0. The van der Waals surface area contributed by atoms with Gasteiger partial charge in [0.05, 0.1) is 0 Å². The molecule has 0 bridgehead atoms. The SMILES string of the molecule is CC[SiH](O[SiH](CC)C1CCCC1)C1CCCC1. The molecule has 2 saturated carbocycles.